The number of nitrogens with zero attached hydrogens (tertiary/aromatic N) is 3. The molecule has 0 bridgehead atoms. The summed E-state index contributed by atoms with van der Waals surface area (Å²) in [5.41, 5.74) is 0.839. The van der Waals surface area contributed by atoms with E-state index in [4.69, 9.17) is 16.0 Å². The highest BCUT2D eigenvalue weighted by atomic mass is 35.5. The van der Waals surface area contributed by atoms with Gasteiger partial charge in [-0.3, -0.25) is 19.5 Å². The van der Waals surface area contributed by atoms with E-state index in [1.165, 1.54) is 16.2 Å². The lowest BCUT2D eigenvalue weighted by Crippen LogP contribution is -2.29. The van der Waals surface area contributed by atoms with E-state index in [1.54, 1.807) is 48.1 Å². The maximum atomic E-state index is 13.3. The van der Waals surface area contributed by atoms with Gasteiger partial charge in [0.05, 0.1) is 16.6 Å². The van der Waals surface area contributed by atoms with Crippen molar-refractivity contribution in [1.29, 1.82) is 0 Å². The summed E-state index contributed by atoms with van der Waals surface area (Å²) >= 11 is 7.36. The zero-order chi connectivity index (χ0) is 18.5. The first-order chi connectivity index (χ1) is 13.1. The number of hydrogen-bond donors (Lipinski definition) is 0. The van der Waals surface area contributed by atoms with E-state index >= 15 is 0 Å². The van der Waals surface area contributed by atoms with Gasteiger partial charge in [-0.15, -0.1) is 11.3 Å². The Labute approximate surface area is 161 Å². The minimum atomic E-state index is -0.709. The number of halogens is 1. The second-order valence-corrected chi connectivity index (χ2v) is 7.27. The maximum absolute atomic E-state index is 13.3. The molecule has 0 N–H and O–H groups in total. The lowest BCUT2D eigenvalue weighted by atomic mass is 10.0. The Morgan fingerprint density at radius 2 is 2.00 bits per heavy atom. The van der Waals surface area contributed by atoms with Crippen LogP contribution in [0.1, 0.15) is 27.9 Å². The van der Waals surface area contributed by atoms with Crippen molar-refractivity contribution in [3.05, 3.63) is 86.4 Å². The highest BCUT2D eigenvalue weighted by molar-refractivity contribution is 7.13. The number of benzene rings is 1. The lowest BCUT2D eigenvalue weighted by Gasteiger charge is -2.21. The molecule has 132 valence electrons. The molecule has 1 aliphatic rings. The number of pyridine rings is 1. The summed E-state index contributed by atoms with van der Waals surface area (Å²) in [6.07, 6.45) is 3.23. The highest BCUT2D eigenvalue weighted by Crippen LogP contribution is 2.41. The quantitative estimate of drug-likeness (QED) is 0.511. The summed E-state index contributed by atoms with van der Waals surface area (Å²) in [7, 11) is 0. The van der Waals surface area contributed by atoms with Gasteiger partial charge < -0.3 is 4.42 Å². The van der Waals surface area contributed by atoms with Gasteiger partial charge in [-0.05, 0) is 30.3 Å². The molecule has 1 aromatic carbocycles. The van der Waals surface area contributed by atoms with Gasteiger partial charge >= 0.3 is 0 Å². The Bertz CT molecular complexity index is 1240. The third-order valence-corrected chi connectivity index (χ3v) is 5.43. The van der Waals surface area contributed by atoms with Crippen molar-refractivity contribution in [2.45, 2.75) is 6.04 Å². The van der Waals surface area contributed by atoms with Gasteiger partial charge in [0.1, 0.15) is 11.6 Å². The van der Waals surface area contributed by atoms with Crippen LogP contribution in [0.5, 0.6) is 0 Å². The van der Waals surface area contributed by atoms with Gasteiger partial charge in [0.15, 0.2) is 10.6 Å². The molecule has 27 heavy (non-hydrogen) atoms. The molecular formula is C19H10ClN3O3S. The number of fused-ring (bicyclic) bond motifs is 2. The summed E-state index contributed by atoms with van der Waals surface area (Å²) in [6, 6.07) is 9.41. The number of aromatic nitrogens is 2. The van der Waals surface area contributed by atoms with Crippen LogP contribution < -0.4 is 10.3 Å². The van der Waals surface area contributed by atoms with Crippen molar-refractivity contribution in [3.63, 3.8) is 0 Å². The fraction of sp³-hybridized carbons (Fsp3) is 0.0526. The van der Waals surface area contributed by atoms with E-state index < -0.39 is 11.9 Å². The normalized spacial score (nSPS) is 16.1. The van der Waals surface area contributed by atoms with E-state index in [2.05, 4.69) is 9.97 Å². The third-order valence-electron chi connectivity index (χ3n) is 4.43. The van der Waals surface area contributed by atoms with E-state index in [-0.39, 0.29) is 16.8 Å². The Morgan fingerprint density at radius 1 is 1.11 bits per heavy atom. The lowest BCUT2D eigenvalue weighted by molar-refractivity contribution is 0.0970. The fourth-order valence-electron chi connectivity index (χ4n) is 3.29. The molecule has 1 atom stereocenters. The molecule has 0 unspecified atom stereocenters. The van der Waals surface area contributed by atoms with Gasteiger partial charge in [-0.25, -0.2) is 4.98 Å². The van der Waals surface area contributed by atoms with Gasteiger partial charge in [-0.1, -0.05) is 17.7 Å². The van der Waals surface area contributed by atoms with Crippen LogP contribution in [-0.4, -0.2) is 15.9 Å². The van der Waals surface area contributed by atoms with Crippen molar-refractivity contribution < 1.29 is 9.21 Å². The molecule has 0 saturated carbocycles. The first-order valence-corrected chi connectivity index (χ1v) is 9.31. The molecule has 4 heterocycles. The molecule has 1 amide bonds. The number of hydrogen-bond acceptors (Lipinski definition) is 6. The molecule has 5 rings (SSSR count). The molecule has 4 aromatic rings. The van der Waals surface area contributed by atoms with E-state index in [0.717, 1.165) is 0 Å². The Hall–Kier alpha value is -3.03. The Balaban J connectivity index is 1.85. The monoisotopic (exact) mass is 395 g/mol. The molecule has 8 heteroatoms. The number of anilines is 1. The second kappa shape index (κ2) is 6.00. The molecule has 0 aliphatic carbocycles. The van der Waals surface area contributed by atoms with Crippen LogP contribution >= 0.6 is 22.9 Å². The highest BCUT2D eigenvalue weighted by Gasteiger charge is 2.45. The van der Waals surface area contributed by atoms with Gasteiger partial charge in [-0.2, -0.15) is 0 Å². The third kappa shape index (κ3) is 2.39. The van der Waals surface area contributed by atoms with Crippen LogP contribution in [0.2, 0.25) is 5.02 Å². The molecule has 0 spiro atoms. The number of rotatable bonds is 2. The predicted octanol–water partition coefficient (Wildman–Crippen LogP) is 4.05. The molecule has 3 aromatic heterocycles. The van der Waals surface area contributed by atoms with E-state index in [9.17, 15) is 9.59 Å². The molecule has 0 radical (unpaired) electrons. The standard InChI is InChI=1S/C19H10ClN3O3S/c20-10-4-5-13-11(9-10)16(24)14-15(12-3-1-2-6-21-12)23(18(25)17(14)26-13)19-22-7-8-27-19/h1-9,15H/t15-/m0/s1. The van der Waals surface area contributed by atoms with Crippen LogP contribution in [-0.2, 0) is 0 Å². The average molecular weight is 396 g/mol. The van der Waals surface area contributed by atoms with Crippen LogP contribution in [0.3, 0.4) is 0 Å². The number of carbonyl (C=O) groups is 1. The van der Waals surface area contributed by atoms with Gasteiger partial charge in [0, 0.05) is 22.8 Å². The first-order valence-electron chi connectivity index (χ1n) is 8.05. The van der Waals surface area contributed by atoms with Gasteiger partial charge in [0.25, 0.3) is 5.91 Å². The average Bonchev–Trinajstić information content (AvgIpc) is 3.30. The summed E-state index contributed by atoms with van der Waals surface area (Å²) in [5, 5.41) is 3.00. The van der Waals surface area contributed by atoms with Crippen LogP contribution in [0.15, 0.2) is 63.4 Å². The topological polar surface area (TPSA) is 76.3 Å². The number of thiazole rings is 1. The SMILES string of the molecule is O=C1c2oc3ccc(Cl)cc3c(=O)c2[C@H](c2ccccn2)N1c1nccs1. The van der Waals surface area contributed by atoms with Gasteiger partial charge in [0.2, 0.25) is 5.76 Å². The van der Waals surface area contributed by atoms with Crippen molar-refractivity contribution in [2.75, 3.05) is 4.90 Å². The van der Waals surface area contributed by atoms with Crippen LogP contribution in [0.4, 0.5) is 5.13 Å². The zero-order valence-corrected chi connectivity index (χ0v) is 15.2. The summed E-state index contributed by atoms with van der Waals surface area (Å²) in [5.74, 6) is -0.398. The zero-order valence-electron chi connectivity index (χ0n) is 13.6. The molecule has 0 saturated heterocycles. The Kier molecular flexibility index (Phi) is 3.60. The molecule has 0 fully saturated rings. The summed E-state index contributed by atoms with van der Waals surface area (Å²) in [6.45, 7) is 0. The largest absolute Gasteiger partial charge is 0.450 e. The van der Waals surface area contributed by atoms with Crippen LogP contribution in [0.25, 0.3) is 11.0 Å². The van der Waals surface area contributed by atoms with Crippen molar-refractivity contribution in [1.82, 2.24) is 9.97 Å². The fourth-order valence-corrected chi connectivity index (χ4v) is 4.13. The Morgan fingerprint density at radius 3 is 2.74 bits per heavy atom. The first kappa shape index (κ1) is 16.2. The maximum Gasteiger partial charge on any atom is 0.297 e. The molecular weight excluding hydrogens is 386 g/mol. The number of amides is 1. The van der Waals surface area contributed by atoms with E-state index in [0.29, 0.717) is 26.8 Å². The summed E-state index contributed by atoms with van der Waals surface area (Å²) in [4.78, 5) is 36.5. The minimum absolute atomic E-state index is 0.0145. The van der Waals surface area contributed by atoms with Crippen molar-refractivity contribution in [2.24, 2.45) is 0 Å². The second-order valence-electron chi connectivity index (χ2n) is 5.96. The summed E-state index contributed by atoms with van der Waals surface area (Å²) < 4.78 is 5.83. The predicted molar refractivity (Wildman–Crippen MR) is 102 cm³/mol. The minimum Gasteiger partial charge on any atom is -0.450 e. The number of carbonyl (C=O) groups excluding carboxylic acids is 1. The smallest absolute Gasteiger partial charge is 0.297 e. The van der Waals surface area contributed by atoms with E-state index in [1.807, 2.05) is 6.07 Å². The molecule has 1 aliphatic heterocycles. The molecule has 6 nitrogen and oxygen atoms in total. The van der Waals surface area contributed by atoms with Crippen molar-refractivity contribution >= 4 is 44.9 Å². The van der Waals surface area contributed by atoms with Crippen LogP contribution in [0, 0.1) is 0 Å². The van der Waals surface area contributed by atoms with Crippen molar-refractivity contribution in [3.8, 4) is 0 Å².